The number of Topliss-reactive ketones (excluding diaryl/α,β-unsaturated/α-hetero) is 1. The molecule has 5 fully saturated rings. The highest BCUT2D eigenvalue weighted by Crippen LogP contribution is 2.72. The first-order chi connectivity index (χ1) is 5.36. The molecule has 1 nitrogen and oxygen atoms in total. The number of hydrogen-bond donors (Lipinski definition) is 0. The molecule has 0 saturated heterocycles. The third-order valence-corrected chi connectivity index (χ3v) is 4.61. The molecule has 0 aromatic carbocycles. The smallest absolute Gasteiger partial charge is 0.136 e. The van der Waals surface area contributed by atoms with E-state index in [0.717, 1.165) is 36.0 Å². The van der Waals surface area contributed by atoms with Gasteiger partial charge in [-0.1, -0.05) is 0 Å². The molecule has 0 aromatic heterocycles. The van der Waals surface area contributed by atoms with Crippen LogP contribution in [-0.4, -0.2) is 5.78 Å². The van der Waals surface area contributed by atoms with Crippen molar-refractivity contribution in [3.8, 4) is 0 Å². The van der Waals surface area contributed by atoms with Crippen LogP contribution in [0.2, 0.25) is 0 Å². The zero-order valence-electron chi connectivity index (χ0n) is 6.49. The molecular weight excluding hydrogens is 136 g/mol. The van der Waals surface area contributed by atoms with Crippen molar-refractivity contribution in [2.45, 2.75) is 19.3 Å². The predicted octanol–water partition coefficient (Wildman–Crippen LogP) is 1.48. The standard InChI is InChI=1S/C10H12O/c11-9-3-6-4-1-7(4)10(9)8-2-5(6)8/h4-8,10H,1-3H2/t4-,5-,6?,7-,8-,10?/m1/s1. The summed E-state index contributed by atoms with van der Waals surface area (Å²) >= 11 is 0. The summed E-state index contributed by atoms with van der Waals surface area (Å²) in [5.74, 6) is 5.85. The molecular formula is C10H12O. The second kappa shape index (κ2) is 1.30. The van der Waals surface area contributed by atoms with Crippen molar-refractivity contribution >= 4 is 5.78 Å². The summed E-state index contributed by atoms with van der Waals surface area (Å²) in [6.45, 7) is 0. The Hall–Kier alpha value is -0.330. The third-order valence-electron chi connectivity index (χ3n) is 4.61. The van der Waals surface area contributed by atoms with E-state index in [-0.39, 0.29) is 0 Å². The van der Waals surface area contributed by atoms with E-state index in [9.17, 15) is 4.79 Å². The van der Waals surface area contributed by atoms with E-state index in [1.165, 1.54) is 12.8 Å². The van der Waals surface area contributed by atoms with Crippen LogP contribution in [-0.2, 0) is 4.79 Å². The highest BCUT2D eigenvalue weighted by atomic mass is 16.1. The van der Waals surface area contributed by atoms with E-state index >= 15 is 0 Å². The maximum absolute atomic E-state index is 11.5. The van der Waals surface area contributed by atoms with Crippen LogP contribution < -0.4 is 0 Å². The van der Waals surface area contributed by atoms with Crippen LogP contribution in [0.5, 0.6) is 0 Å². The van der Waals surface area contributed by atoms with Gasteiger partial charge in [-0.3, -0.25) is 4.79 Å². The Morgan fingerprint density at radius 1 is 0.909 bits per heavy atom. The zero-order valence-corrected chi connectivity index (χ0v) is 6.49. The maximum Gasteiger partial charge on any atom is 0.136 e. The van der Waals surface area contributed by atoms with Crippen molar-refractivity contribution in [2.24, 2.45) is 35.5 Å². The zero-order chi connectivity index (χ0) is 7.16. The first-order valence-electron chi connectivity index (χ1n) is 4.89. The van der Waals surface area contributed by atoms with Gasteiger partial charge < -0.3 is 0 Å². The number of hydrogen-bond acceptors (Lipinski definition) is 1. The summed E-state index contributed by atoms with van der Waals surface area (Å²) in [6.07, 6.45) is 3.79. The average molecular weight is 148 g/mol. The molecule has 0 aromatic rings. The van der Waals surface area contributed by atoms with Crippen LogP contribution in [0.4, 0.5) is 0 Å². The number of ketones is 1. The maximum atomic E-state index is 11.5. The Morgan fingerprint density at radius 3 is 2.09 bits per heavy atom. The second-order valence-electron chi connectivity index (χ2n) is 4.99. The average Bonchev–Trinajstić information content (AvgIpc) is 2.79. The van der Waals surface area contributed by atoms with E-state index in [0.29, 0.717) is 11.7 Å². The summed E-state index contributed by atoms with van der Waals surface area (Å²) in [7, 11) is 0. The Bertz CT molecular complexity index is 240. The number of rotatable bonds is 0. The Labute approximate surface area is 66.2 Å². The predicted molar refractivity (Wildman–Crippen MR) is 39.8 cm³/mol. The van der Waals surface area contributed by atoms with Crippen molar-refractivity contribution < 1.29 is 4.79 Å². The molecule has 0 N–H and O–H groups in total. The van der Waals surface area contributed by atoms with Crippen molar-refractivity contribution in [3.63, 3.8) is 0 Å². The summed E-state index contributed by atoms with van der Waals surface area (Å²) in [6, 6.07) is 0. The SMILES string of the molecule is O=C1CC2[C@H]3C[C@H]3C1[C@@H]1C[C@H]21. The molecule has 11 heavy (non-hydrogen) atoms. The lowest BCUT2D eigenvalue weighted by Crippen LogP contribution is -2.35. The molecule has 58 valence electrons. The minimum Gasteiger partial charge on any atom is -0.299 e. The fourth-order valence-electron chi connectivity index (χ4n) is 4.07. The second-order valence-corrected chi connectivity index (χ2v) is 4.99. The molecule has 0 spiro atoms. The van der Waals surface area contributed by atoms with Gasteiger partial charge in [-0.05, 0) is 42.4 Å². The van der Waals surface area contributed by atoms with Crippen LogP contribution >= 0.6 is 0 Å². The van der Waals surface area contributed by atoms with Gasteiger partial charge in [0.2, 0.25) is 0 Å². The summed E-state index contributed by atoms with van der Waals surface area (Å²) < 4.78 is 0. The molecule has 0 radical (unpaired) electrons. The van der Waals surface area contributed by atoms with Gasteiger partial charge in [0.1, 0.15) is 5.78 Å². The molecule has 5 rings (SSSR count). The van der Waals surface area contributed by atoms with Gasteiger partial charge in [-0.15, -0.1) is 0 Å². The van der Waals surface area contributed by atoms with E-state index in [4.69, 9.17) is 0 Å². The van der Waals surface area contributed by atoms with Crippen LogP contribution in [0.15, 0.2) is 0 Å². The Balaban J connectivity index is 1.87. The monoisotopic (exact) mass is 148 g/mol. The summed E-state index contributed by atoms with van der Waals surface area (Å²) in [5.41, 5.74) is 0. The lowest BCUT2D eigenvalue weighted by atomic mass is 9.70. The molecule has 1 heteroatoms. The first kappa shape index (κ1) is 5.34. The topological polar surface area (TPSA) is 17.1 Å². The minimum absolute atomic E-state index is 0.565. The van der Waals surface area contributed by atoms with Gasteiger partial charge in [-0.2, -0.15) is 0 Å². The van der Waals surface area contributed by atoms with E-state index in [1.807, 2.05) is 0 Å². The molecule has 5 aliphatic carbocycles. The van der Waals surface area contributed by atoms with Crippen molar-refractivity contribution in [1.29, 1.82) is 0 Å². The van der Waals surface area contributed by atoms with E-state index in [1.54, 1.807) is 0 Å². The van der Waals surface area contributed by atoms with Gasteiger partial charge in [-0.25, -0.2) is 0 Å². The summed E-state index contributed by atoms with van der Waals surface area (Å²) in [5, 5.41) is 0. The molecule has 2 bridgehead atoms. The van der Waals surface area contributed by atoms with E-state index in [2.05, 4.69) is 0 Å². The van der Waals surface area contributed by atoms with Crippen molar-refractivity contribution in [2.75, 3.05) is 0 Å². The quantitative estimate of drug-likeness (QED) is 0.508. The fraction of sp³-hybridized carbons (Fsp3) is 0.900. The first-order valence-corrected chi connectivity index (χ1v) is 4.89. The molecule has 0 heterocycles. The van der Waals surface area contributed by atoms with E-state index < -0.39 is 0 Å². The molecule has 0 amide bonds. The van der Waals surface area contributed by atoms with Crippen LogP contribution in [0.1, 0.15) is 19.3 Å². The molecule has 5 aliphatic rings. The molecule has 0 aliphatic heterocycles. The number of fused-ring (bicyclic) bond motifs is 1. The van der Waals surface area contributed by atoms with Crippen molar-refractivity contribution in [3.05, 3.63) is 0 Å². The molecule has 0 unspecified atom stereocenters. The lowest BCUT2D eigenvalue weighted by Gasteiger charge is -2.33. The van der Waals surface area contributed by atoms with Gasteiger partial charge >= 0.3 is 0 Å². The Morgan fingerprint density at radius 2 is 1.55 bits per heavy atom. The number of carbonyl (C=O) groups excluding carboxylic acids is 1. The van der Waals surface area contributed by atoms with Crippen LogP contribution in [0.25, 0.3) is 0 Å². The normalized spacial score (nSPS) is 68.9. The Kier molecular flexibility index (Phi) is 0.630. The van der Waals surface area contributed by atoms with Gasteiger partial charge in [0.15, 0.2) is 0 Å². The van der Waals surface area contributed by atoms with Crippen LogP contribution in [0, 0.1) is 35.5 Å². The largest absolute Gasteiger partial charge is 0.299 e. The van der Waals surface area contributed by atoms with Gasteiger partial charge in [0.25, 0.3) is 0 Å². The third kappa shape index (κ3) is 0.447. The van der Waals surface area contributed by atoms with Gasteiger partial charge in [0, 0.05) is 12.3 Å². The lowest BCUT2D eigenvalue weighted by molar-refractivity contribution is -0.130. The fourth-order valence-corrected chi connectivity index (χ4v) is 4.07. The molecule has 5 saturated carbocycles. The highest BCUT2D eigenvalue weighted by molar-refractivity contribution is 5.85. The minimum atomic E-state index is 0.565. The molecule has 4 atom stereocenters. The summed E-state index contributed by atoms with van der Waals surface area (Å²) in [4.78, 5) is 11.5. The van der Waals surface area contributed by atoms with Gasteiger partial charge in [0.05, 0.1) is 0 Å². The van der Waals surface area contributed by atoms with Crippen LogP contribution in [0.3, 0.4) is 0 Å². The highest BCUT2D eigenvalue weighted by Gasteiger charge is 2.69. The number of carbonyl (C=O) groups is 1. The van der Waals surface area contributed by atoms with Crippen molar-refractivity contribution in [1.82, 2.24) is 0 Å².